The molecule has 5 heteroatoms. The molecular formula is C14H20N4O. The van der Waals surface area contributed by atoms with Crippen molar-refractivity contribution in [3.63, 3.8) is 0 Å². The summed E-state index contributed by atoms with van der Waals surface area (Å²) in [5.41, 5.74) is 8.05. The third kappa shape index (κ3) is 2.51. The first-order valence-corrected chi connectivity index (χ1v) is 6.84. The summed E-state index contributed by atoms with van der Waals surface area (Å²) in [7, 11) is 0. The second kappa shape index (κ2) is 5.09. The van der Waals surface area contributed by atoms with Gasteiger partial charge in [0.1, 0.15) is 0 Å². The minimum atomic E-state index is 0.0944. The number of anilines is 1. The fourth-order valence-electron chi connectivity index (χ4n) is 2.91. The molecule has 1 aromatic carbocycles. The van der Waals surface area contributed by atoms with Crippen LogP contribution in [0, 0.1) is 0 Å². The Morgan fingerprint density at radius 2 is 2.16 bits per heavy atom. The summed E-state index contributed by atoms with van der Waals surface area (Å²) in [6.45, 7) is 4.54. The van der Waals surface area contributed by atoms with Crippen LogP contribution in [0.4, 0.5) is 10.5 Å². The van der Waals surface area contributed by atoms with Gasteiger partial charge in [0, 0.05) is 38.4 Å². The van der Waals surface area contributed by atoms with Crippen LogP contribution in [0.25, 0.3) is 0 Å². The molecule has 1 aromatic rings. The third-order valence-corrected chi connectivity index (χ3v) is 4.07. The number of hydrogen-bond donors (Lipinski definition) is 2. The smallest absolute Gasteiger partial charge is 0.317 e. The molecular weight excluding hydrogens is 240 g/mol. The lowest BCUT2D eigenvalue weighted by atomic mass is 10.1. The molecule has 2 heterocycles. The average Bonchev–Trinajstić information content (AvgIpc) is 2.79. The number of nitrogen functional groups attached to an aromatic ring is 1. The van der Waals surface area contributed by atoms with Gasteiger partial charge in [-0.25, -0.2) is 4.79 Å². The molecule has 3 rings (SSSR count). The van der Waals surface area contributed by atoms with E-state index in [-0.39, 0.29) is 6.03 Å². The fraction of sp³-hybridized carbons (Fsp3) is 0.500. The Morgan fingerprint density at radius 1 is 1.32 bits per heavy atom. The highest BCUT2D eigenvalue weighted by molar-refractivity contribution is 5.77. The Bertz CT molecular complexity index is 476. The Hall–Kier alpha value is -1.75. The zero-order valence-electron chi connectivity index (χ0n) is 11.0. The Balaban J connectivity index is 1.55. The lowest BCUT2D eigenvalue weighted by molar-refractivity contribution is 0.122. The maximum atomic E-state index is 11.5. The van der Waals surface area contributed by atoms with Gasteiger partial charge in [-0.1, -0.05) is 18.2 Å². The van der Waals surface area contributed by atoms with Crippen LogP contribution in [0.2, 0.25) is 0 Å². The van der Waals surface area contributed by atoms with Crippen LogP contribution in [-0.2, 0) is 6.42 Å². The minimum Gasteiger partial charge on any atom is -0.399 e. The van der Waals surface area contributed by atoms with Crippen molar-refractivity contribution < 1.29 is 4.79 Å². The summed E-state index contributed by atoms with van der Waals surface area (Å²) in [5.74, 6) is 0. The van der Waals surface area contributed by atoms with Crippen LogP contribution in [-0.4, -0.2) is 54.6 Å². The second-order valence-electron chi connectivity index (χ2n) is 5.28. The normalized spacial score (nSPS) is 23.3. The van der Waals surface area contributed by atoms with Crippen molar-refractivity contribution in [2.24, 2.45) is 0 Å². The number of amides is 2. The van der Waals surface area contributed by atoms with Crippen molar-refractivity contribution in [3.05, 3.63) is 29.8 Å². The minimum absolute atomic E-state index is 0.0944. The molecule has 0 radical (unpaired) electrons. The van der Waals surface area contributed by atoms with Gasteiger partial charge in [0.2, 0.25) is 0 Å². The highest BCUT2D eigenvalue weighted by atomic mass is 16.2. The van der Waals surface area contributed by atoms with E-state index in [2.05, 4.69) is 16.3 Å². The van der Waals surface area contributed by atoms with Gasteiger partial charge in [-0.05, 0) is 18.1 Å². The van der Waals surface area contributed by atoms with Gasteiger partial charge in [0.05, 0.1) is 6.04 Å². The molecule has 5 nitrogen and oxygen atoms in total. The molecule has 0 spiro atoms. The topological polar surface area (TPSA) is 61.6 Å². The van der Waals surface area contributed by atoms with Gasteiger partial charge in [-0.3, -0.25) is 4.90 Å². The number of piperazine rings is 1. The first kappa shape index (κ1) is 12.3. The van der Waals surface area contributed by atoms with E-state index in [0.29, 0.717) is 6.04 Å². The third-order valence-electron chi connectivity index (χ3n) is 4.07. The standard InChI is InChI=1S/C14H20N4O/c15-13-4-2-1-3-11(13)5-6-17-7-8-18-12(10-17)9-16-14(18)19/h1-4,12H,5-10,15H2,(H,16,19). The van der Waals surface area contributed by atoms with Crippen molar-refractivity contribution in [2.75, 3.05) is 38.5 Å². The maximum absolute atomic E-state index is 11.5. The number of fused-ring (bicyclic) bond motifs is 1. The molecule has 2 aliphatic heterocycles. The molecule has 2 aliphatic rings. The SMILES string of the molecule is Nc1ccccc1CCN1CCN2C(=O)NCC2C1. The summed E-state index contributed by atoms with van der Waals surface area (Å²) in [4.78, 5) is 15.9. The monoisotopic (exact) mass is 260 g/mol. The zero-order valence-corrected chi connectivity index (χ0v) is 11.0. The van der Waals surface area contributed by atoms with E-state index in [1.165, 1.54) is 5.56 Å². The molecule has 2 amide bonds. The predicted molar refractivity (Wildman–Crippen MR) is 74.9 cm³/mol. The van der Waals surface area contributed by atoms with Crippen molar-refractivity contribution in [1.82, 2.24) is 15.1 Å². The number of nitrogens with two attached hydrogens (primary N) is 1. The molecule has 2 fully saturated rings. The van der Waals surface area contributed by atoms with E-state index in [0.717, 1.165) is 44.8 Å². The zero-order chi connectivity index (χ0) is 13.2. The first-order chi connectivity index (χ1) is 9.24. The second-order valence-corrected chi connectivity index (χ2v) is 5.28. The van der Waals surface area contributed by atoms with Gasteiger partial charge in [-0.2, -0.15) is 0 Å². The van der Waals surface area contributed by atoms with Gasteiger partial charge < -0.3 is 16.0 Å². The number of rotatable bonds is 3. The molecule has 3 N–H and O–H groups in total. The van der Waals surface area contributed by atoms with Crippen molar-refractivity contribution in [1.29, 1.82) is 0 Å². The maximum Gasteiger partial charge on any atom is 0.317 e. The van der Waals surface area contributed by atoms with E-state index in [9.17, 15) is 4.79 Å². The molecule has 0 bridgehead atoms. The van der Waals surface area contributed by atoms with Gasteiger partial charge in [0.15, 0.2) is 0 Å². The first-order valence-electron chi connectivity index (χ1n) is 6.84. The molecule has 0 aliphatic carbocycles. The van der Waals surface area contributed by atoms with Crippen LogP contribution in [0.15, 0.2) is 24.3 Å². The Morgan fingerprint density at radius 3 is 3.00 bits per heavy atom. The van der Waals surface area contributed by atoms with Gasteiger partial charge in [-0.15, -0.1) is 0 Å². The van der Waals surface area contributed by atoms with E-state index < -0.39 is 0 Å². The van der Waals surface area contributed by atoms with Gasteiger partial charge >= 0.3 is 6.03 Å². The summed E-state index contributed by atoms with van der Waals surface area (Å²) in [5, 5.41) is 2.91. The molecule has 1 atom stereocenters. The summed E-state index contributed by atoms with van der Waals surface area (Å²) in [6, 6.07) is 8.47. The Kier molecular flexibility index (Phi) is 3.29. The number of carbonyl (C=O) groups is 1. The quantitative estimate of drug-likeness (QED) is 0.779. The van der Waals surface area contributed by atoms with E-state index >= 15 is 0 Å². The number of hydrogen-bond acceptors (Lipinski definition) is 3. The number of urea groups is 1. The largest absolute Gasteiger partial charge is 0.399 e. The van der Waals surface area contributed by atoms with Crippen molar-refractivity contribution in [3.8, 4) is 0 Å². The van der Waals surface area contributed by atoms with E-state index in [1.54, 1.807) is 0 Å². The fourth-order valence-corrected chi connectivity index (χ4v) is 2.91. The number of benzene rings is 1. The van der Waals surface area contributed by atoms with Crippen molar-refractivity contribution in [2.45, 2.75) is 12.5 Å². The molecule has 19 heavy (non-hydrogen) atoms. The summed E-state index contributed by atoms with van der Waals surface area (Å²) in [6.07, 6.45) is 0.973. The number of nitrogens with one attached hydrogen (secondary N) is 1. The summed E-state index contributed by atoms with van der Waals surface area (Å²) < 4.78 is 0. The van der Waals surface area contributed by atoms with Crippen LogP contribution in [0.5, 0.6) is 0 Å². The lowest BCUT2D eigenvalue weighted by Crippen LogP contribution is -2.52. The lowest BCUT2D eigenvalue weighted by Gasteiger charge is -2.36. The van der Waals surface area contributed by atoms with Crippen LogP contribution in [0.1, 0.15) is 5.56 Å². The average molecular weight is 260 g/mol. The molecule has 0 saturated carbocycles. The van der Waals surface area contributed by atoms with Crippen LogP contribution in [0.3, 0.4) is 0 Å². The number of nitrogens with zero attached hydrogens (tertiary/aromatic N) is 2. The molecule has 1 unspecified atom stereocenters. The molecule has 2 saturated heterocycles. The number of para-hydroxylation sites is 1. The highest BCUT2D eigenvalue weighted by Crippen LogP contribution is 2.16. The van der Waals surface area contributed by atoms with Gasteiger partial charge in [0.25, 0.3) is 0 Å². The number of carbonyl (C=O) groups excluding carboxylic acids is 1. The van der Waals surface area contributed by atoms with E-state index in [1.807, 2.05) is 23.1 Å². The Labute approximate surface area is 113 Å². The predicted octanol–water partition coefficient (Wildman–Crippen LogP) is 0.521. The highest BCUT2D eigenvalue weighted by Gasteiger charge is 2.34. The van der Waals surface area contributed by atoms with Crippen molar-refractivity contribution >= 4 is 11.7 Å². The van der Waals surface area contributed by atoms with Crippen LogP contribution >= 0.6 is 0 Å². The molecule has 0 aromatic heterocycles. The van der Waals surface area contributed by atoms with Crippen LogP contribution < -0.4 is 11.1 Å². The van der Waals surface area contributed by atoms with E-state index in [4.69, 9.17) is 5.73 Å². The summed E-state index contributed by atoms with van der Waals surface area (Å²) >= 11 is 0. The molecule has 102 valence electrons.